The number of rotatable bonds is 6. The number of hydrogen-bond acceptors (Lipinski definition) is 4. The topological polar surface area (TPSA) is 54.0 Å². The molecule has 2 aromatic carbocycles. The van der Waals surface area contributed by atoms with Crippen molar-refractivity contribution in [2.24, 2.45) is 0 Å². The molecule has 1 heterocycles. The fourth-order valence-electron chi connectivity index (χ4n) is 2.80. The molecule has 4 nitrogen and oxygen atoms in total. The van der Waals surface area contributed by atoms with Gasteiger partial charge < -0.3 is 10.6 Å². The lowest BCUT2D eigenvalue weighted by Gasteiger charge is -2.08. The highest BCUT2D eigenvalue weighted by atomic mass is 32.1. The molecule has 1 amide bonds. The fourth-order valence-corrected chi connectivity index (χ4v) is 3.70. The first-order valence-electron chi connectivity index (χ1n) is 9.04. The van der Waals surface area contributed by atoms with Crippen LogP contribution in [0.1, 0.15) is 39.0 Å². The zero-order valence-corrected chi connectivity index (χ0v) is 16.7. The van der Waals surface area contributed by atoms with Crippen LogP contribution in [0.3, 0.4) is 0 Å². The molecular formula is C21H20F3N3OS. The van der Waals surface area contributed by atoms with Gasteiger partial charge in [-0.1, -0.05) is 48.6 Å². The van der Waals surface area contributed by atoms with Crippen LogP contribution in [0.5, 0.6) is 0 Å². The van der Waals surface area contributed by atoms with Crippen LogP contribution in [-0.2, 0) is 19.1 Å². The van der Waals surface area contributed by atoms with Gasteiger partial charge in [-0.05, 0) is 42.7 Å². The van der Waals surface area contributed by atoms with Crippen LogP contribution in [0, 0.1) is 6.92 Å². The van der Waals surface area contributed by atoms with E-state index in [2.05, 4.69) is 22.5 Å². The number of aryl methyl sites for hydroxylation is 2. The predicted molar refractivity (Wildman–Crippen MR) is 109 cm³/mol. The molecule has 0 fully saturated rings. The van der Waals surface area contributed by atoms with E-state index in [0.29, 0.717) is 21.3 Å². The van der Waals surface area contributed by atoms with Gasteiger partial charge in [-0.15, -0.1) is 0 Å². The lowest BCUT2D eigenvalue weighted by Crippen LogP contribution is -2.22. The number of amides is 1. The molecule has 29 heavy (non-hydrogen) atoms. The third-order valence-electron chi connectivity index (χ3n) is 4.38. The van der Waals surface area contributed by atoms with E-state index in [0.717, 1.165) is 29.8 Å². The fraction of sp³-hybridized carbons (Fsp3) is 0.238. The van der Waals surface area contributed by atoms with Crippen LogP contribution < -0.4 is 10.6 Å². The molecule has 0 aliphatic heterocycles. The number of nitrogens with one attached hydrogen (secondary N) is 2. The molecule has 0 saturated heterocycles. The molecule has 8 heteroatoms. The van der Waals surface area contributed by atoms with E-state index in [-0.39, 0.29) is 12.5 Å². The lowest BCUT2D eigenvalue weighted by atomic mass is 10.1. The summed E-state index contributed by atoms with van der Waals surface area (Å²) in [6.45, 7) is 3.95. The Kier molecular flexibility index (Phi) is 6.22. The smallest absolute Gasteiger partial charge is 0.347 e. The van der Waals surface area contributed by atoms with Crippen molar-refractivity contribution < 1.29 is 18.0 Å². The summed E-state index contributed by atoms with van der Waals surface area (Å²) < 4.78 is 37.9. The van der Waals surface area contributed by atoms with Gasteiger partial charge in [0.1, 0.15) is 4.88 Å². The Morgan fingerprint density at radius 2 is 1.79 bits per heavy atom. The van der Waals surface area contributed by atoms with Crippen molar-refractivity contribution in [3.05, 3.63) is 75.8 Å². The summed E-state index contributed by atoms with van der Waals surface area (Å²) in [6, 6.07) is 12.6. The molecule has 3 aromatic rings. The second-order valence-electron chi connectivity index (χ2n) is 6.45. The van der Waals surface area contributed by atoms with Crippen LogP contribution in [0.2, 0.25) is 0 Å². The Morgan fingerprint density at radius 3 is 2.45 bits per heavy atom. The SMILES string of the molecule is CCc1ccccc1Nc1nc(C)c(C(=O)NCc2ccc(C(F)(F)F)cc2)s1. The summed E-state index contributed by atoms with van der Waals surface area (Å²) in [5, 5.41) is 6.60. The third-order valence-corrected chi connectivity index (χ3v) is 5.45. The highest BCUT2D eigenvalue weighted by Crippen LogP contribution is 2.29. The largest absolute Gasteiger partial charge is 0.416 e. The van der Waals surface area contributed by atoms with Crippen LogP contribution in [0.4, 0.5) is 24.0 Å². The van der Waals surface area contributed by atoms with E-state index >= 15 is 0 Å². The average molecular weight is 419 g/mol. The van der Waals surface area contributed by atoms with Crippen LogP contribution in [0.15, 0.2) is 48.5 Å². The van der Waals surface area contributed by atoms with Crippen molar-refractivity contribution >= 4 is 28.1 Å². The Morgan fingerprint density at radius 1 is 1.10 bits per heavy atom. The van der Waals surface area contributed by atoms with Crippen LogP contribution in [-0.4, -0.2) is 10.9 Å². The van der Waals surface area contributed by atoms with E-state index in [4.69, 9.17) is 0 Å². The van der Waals surface area contributed by atoms with Crippen LogP contribution in [0.25, 0.3) is 0 Å². The number of alkyl halides is 3. The number of anilines is 2. The van der Waals surface area contributed by atoms with Crippen molar-refractivity contribution in [3.8, 4) is 0 Å². The summed E-state index contributed by atoms with van der Waals surface area (Å²) in [4.78, 5) is 17.4. The summed E-state index contributed by atoms with van der Waals surface area (Å²) in [5.41, 5.74) is 2.56. The lowest BCUT2D eigenvalue weighted by molar-refractivity contribution is -0.137. The van der Waals surface area contributed by atoms with Crippen molar-refractivity contribution in [2.75, 3.05) is 5.32 Å². The molecule has 0 unspecified atom stereocenters. The van der Waals surface area contributed by atoms with Crippen molar-refractivity contribution in [2.45, 2.75) is 33.0 Å². The van der Waals surface area contributed by atoms with E-state index in [9.17, 15) is 18.0 Å². The maximum atomic E-state index is 12.6. The number of benzene rings is 2. The first-order chi connectivity index (χ1) is 13.8. The van der Waals surface area contributed by atoms with Gasteiger partial charge in [-0.3, -0.25) is 4.79 Å². The number of para-hydroxylation sites is 1. The van der Waals surface area contributed by atoms with Gasteiger partial charge in [-0.25, -0.2) is 4.98 Å². The first-order valence-corrected chi connectivity index (χ1v) is 9.86. The van der Waals surface area contributed by atoms with Gasteiger partial charge in [0.15, 0.2) is 5.13 Å². The molecule has 1 aromatic heterocycles. The highest BCUT2D eigenvalue weighted by molar-refractivity contribution is 7.17. The minimum Gasteiger partial charge on any atom is -0.347 e. The number of carbonyl (C=O) groups is 1. The zero-order valence-electron chi connectivity index (χ0n) is 15.9. The van der Waals surface area contributed by atoms with Gasteiger partial charge in [0.25, 0.3) is 5.91 Å². The van der Waals surface area contributed by atoms with E-state index in [1.165, 1.54) is 23.5 Å². The molecule has 0 bridgehead atoms. The first kappa shape index (κ1) is 20.9. The van der Waals surface area contributed by atoms with Gasteiger partial charge >= 0.3 is 6.18 Å². The van der Waals surface area contributed by atoms with Gasteiger partial charge in [-0.2, -0.15) is 13.2 Å². The predicted octanol–water partition coefficient (Wildman–Crippen LogP) is 5.71. The Bertz CT molecular complexity index is 997. The van der Waals surface area contributed by atoms with Crippen molar-refractivity contribution in [1.82, 2.24) is 10.3 Å². The normalized spacial score (nSPS) is 11.3. The number of carbonyl (C=O) groups excluding carboxylic acids is 1. The zero-order chi connectivity index (χ0) is 21.0. The molecule has 3 rings (SSSR count). The Balaban J connectivity index is 1.66. The van der Waals surface area contributed by atoms with Gasteiger partial charge in [0, 0.05) is 12.2 Å². The molecule has 0 saturated carbocycles. The maximum absolute atomic E-state index is 12.6. The Labute approximate surface area is 170 Å². The molecular weight excluding hydrogens is 399 g/mol. The Hall–Kier alpha value is -2.87. The van der Waals surface area contributed by atoms with Gasteiger partial charge in [0.2, 0.25) is 0 Å². The highest BCUT2D eigenvalue weighted by Gasteiger charge is 2.29. The second kappa shape index (κ2) is 8.65. The standard InChI is InChI=1S/C21H20F3N3OS/c1-3-15-6-4-5-7-17(15)27-20-26-13(2)18(29-20)19(28)25-12-14-8-10-16(11-9-14)21(22,23)24/h4-11H,3,12H2,1-2H3,(H,25,28)(H,26,27). The number of hydrogen-bond donors (Lipinski definition) is 2. The van der Waals surface area contributed by atoms with Crippen molar-refractivity contribution in [1.29, 1.82) is 0 Å². The average Bonchev–Trinajstić information content (AvgIpc) is 3.06. The number of thiazole rings is 1. The van der Waals surface area contributed by atoms with E-state index in [1.54, 1.807) is 6.92 Å². The summed E-state index contributed by atoms with van der Waals surface area (Å²) in [6.07, 6.45) is -3.50. The molecule has 0 aliphatic rings. The van der Waals surface area contributed by atoms with E-state index in [1.807, 2.05) is 24.3 Å². The summed E-state index contributed by atoms with van der Waals surface area (Å²) in [7, 11) is 0. The van der Waals surface area contributed by atoms with Gasteiger partial charge in [0.05, 0.1) is 11.3 Å². The number of aromatic nitrogens is 1. The van der Waals surface area contributed by atoms with E-state index < -0.39 is 11.7 Å². The monoisotopic (exact) mass is 419 g/mol. The molecule has 152 valence electrons. The molecule has 0 radical (unpaired) electrons. The maximum Gasteiger partial charge on any atom is 0.416 e. The third kappa shape index (κ3) is 5.14. The molecule has 0 spiro atoms. The summed E-state index contributed by atoms with van der Waals surface area (Å²) >= 11 is 1.24. The number of halogens is 3. The van der Waals surface area contributed by atoms with Crippen molar-refractivity contribution in [3.63, 3.8) is 0 Å². The minimum absolute atomic E-state index is 0.135. The minimum atomic E-state index is -4.37. The quantitative estimate of drug-likeness (QED) is 0.538. The molecule has 2 N–H and O–H groups in total. The molecule has 0 atom stereocenters. The summed E-state index contributed by atoms with van der Waals surface area (Å²) in [5.74, 6) is -0.309. The second-order valence-corrected chi connectivity index (χ2v) is 7.45. The number of nitrogens with zero attached hydrogens (tertiary/aromatic N) is 1. The van der Waals surface area contributed by atoms with Crippen LogP contribution >= 0.6 is 11.3 Å². The molecule has 0 aliphatic carbocycles.